The average Bonchev–Trinajstić information content (AvgIpc) is 2.35. The van der Waals surface area contributed by atoms with Gasteiger partial charge in [-0.1, -0.05) is 6.07 Å². The summed E-state index contributed by atoms with van der Waals surface area (Å²) in [6, 6.07) is 7.58. The van der Waals surface area contributed by atoms with Gasteiger partial charge in [0.05, 0.1) is 6.20 Å². The molecule has 0 aliphatic carbocycles. The monoisotopic (exact) mass is 229 g/mol. The van der Waals surface area contributed by atoms with Crippen LogP contribution in [0.5, 0.6) is 11.6 Å². The van der Waals surface area contributed by atoms with E-state index >= 15 is 0 Å². The quantitative estimate of drug-likeness (QED) is 0.872. The van der Waals surface area contributed by atoms with Gasteiger partial charge in [0.25, 0.3) is 0 Å². The summed E-state index contributed by atoms with van der Waals surface area (Å²) in [6.45, 7) is 2.56. The lowest BCUT2D eigenvalue weighted by molar-refractivity contribution is 0.460. The van der Waals surface area contributed by atoms with Gasteiger partial charge in [0, 0.05) is 18.0 Å². The molecule has 2 aromatic rings. The molecule has 0 saturated heterocycles. The first kappa shape index (κ1) is 11.5. The first-order valence-corrected chi connectivity index (χ1v) is 5.53. The number of hydrogen-bond donors (Lipinski definition) is 1. The summed E-state index contributed by atoms with van der Waals surface area (Å²) in [5.41, 5.74) is 7.54. The first-order chi connectivity index (χ1) is 8.28. The van der Waals surface area contributed by atoms with Crippen LogP contribution in [0.25, 0.3) is 0 Å². The maximum absolute atomic E-state index is 5.56. The number of aryl methyl sites for hydroxylation is 1. The average molecular weight is 229 g/mol. The fourth-order valence-electron chi connectivity index (χ4n) is 1.42. The Bertz CT molecular complexity index is 465. The minimum absolute atomic E-state index is 0.566. The highest BCUT2D eigenvalue weighted by molar-refractivity contribution is 5.26. The molecular weight excluding hydrogens is 214 g/mol. The molecule has 0 radical (unpaired) electrons. The van der Waals surface area contributed by atoms with Crippen LogP contribution >= 0.6 is 0 Å². The van der Waals surface area contributed by atoms with Crippen LogP contribution in [-0.2, 0) is 6.42 Å². The zero-order valence-corrected chi connectivity index (χ0v) is 9.76. The van der Waals surface area contributed by atoms with Crippen molar-refractivity contribution in [1.82, 2.24) is 9.97 Å². The summed E-state index contributed by atoms with van der Waals surface area (Å²) in [6.07, 6.45) is 4.30. The summed E-state index contributed by atoms with van der Waals surface area (Å²) in [4.78, 5) is 8.36. The van der Waals surface area contributed by atoms with Crippen LogP contribution in [0.3, 0.4) is 0 Å². The molecule has 0 fully saturated rings. The highest BCUT2D eigenvalue weighted by atomic mass is 16.5. The smallest absolute Gasteiger partial charge is 0.219 e. The Balaban J connectivity index is 2.05. The summed E-state index contributed by atoms with van der Waals surface area (Å²) in [7, 11) is 0. The van der Waals surface area contributed by atoms with Crippen LogP contribution in [0.4, 0.5) is 0 Å². The summed E-state index contributed by atoms with van der Waals surface area (Å²) < 4.78 is 5.56. The molecule has 0 saturated carbocycles. The molecule has 2 aromatic heterocycles. The van der Waals surface area contributed by atoms with E-state index in [-0.39, 0.29) is 0 Å². The molecular formula is C13H15N3O. The molecule has 17 heavy (non-hydrogen) atoms. The van der Waals surface area contributed by atoms with Gasteiger partial charge in [-0.3, -0.25) is 4.98 Å². The third-order valence-electron chi connectivity index (χ3n) is 2.34. The van der Waals surface area contributed by atoms with Crippen LogP contribution < -0.4 is 10.5 Å². The molecule has 4 nitrogen and oxygen atoms in total. The van der Waals surface area contributed by atoms with Crippen molar-refractivity contribution in [2.24, 2.45) is 5.73 Å². The standard InChI is InChI=1S/C13H15N3O/c1-10-2-4-12(9-15-10)17-13-5-3-11(6-7-14)8-16-13/h2-5,8-9H,6-7,14H2,1H3. The number of aromatic nitrogens is 2. The Kier molecular flexibility index (Phi) is 3.67. The molecule has 0 spiro atoms. The van der Waals surface area contributed by atoms with Gasteiger partial charge >= 0.3 is 0 Å². The second-order valence-corrected chi connectivity index (χ2v) is 3.78. The highest BCUT2D eigenvalue weighted by Gasteiger charge is 1.99. The van der Waals surface area contributed by atoms with Gasteiger partial charge in [-0.2, -0.15) is 0 Å². The zero-order valence-electron chi connectivity index (χ0n) is 9.76. The van der Waals surface area contributed by atoms with E-state index in [0.717, 1.165) is 17.7 Å². The van der Waals surface area contributed by atoms with Crippen molar-refractivity contribution in [2.45, 2.75) is 13.3 Å². The fraction of sp³-hybridized carbons (Fsp3) is 0.231. The number of pyridine rings is 2. The van der Waals surface area contributed by atoms with Crippen LogP contribution in [0, 0.1) is 6.92 Å². The third kappa shape index (κ3) is 3.26. The minimum atomic E-state index is 0.566. The molecule has 4 heteroatoms. The molecule has 88 valence electrons. The number of rotatable bonds is 4. The van der Waals surface area contributed by atoms with Gasteiger partial charge in [-0.15, -0.1) is 0 Å². The summed E-state index contributed by atoms with van der Waals surface area (Å²) in [5.74, 6) is 1.26. The molecule has 2 rings (SSSR count). The topological polar surface area (TPSA) is 61.0 Å². The van der Waals surface area contributed by atoms with E-state index in [1.165, 1.54) is 0 Å². The zero-order chi connectivity index (χ0) is 12.1. The third-order valence-corrected chi connectivity index (χ3v) is 2.34. The number of hydrogen-bond acceptors (Lipinski definition) is 4. The van der Waals surface area contributed by atoms with E-state index in [4.69, 9.17) is 10.5 Å². The van der Waals surface area contributed by atoms with E-state index in [1.54, 1.807) is 12.4 Å². The Morgan fingerprint density at radius 3 is 2.59 bits per heavy atom. The highest BCUT2D eigenvalue weighted by Crippen LogP contribution is 2.18. The van der Waals surface area contributed by atoms with Crippen molar-refractivity contribution in [3.05, 3.63) is 47.9 Å². The lowest BCUT2D eigenvalue weighted by atomic mass is 10.2. The molecule has 0 amide bonds. The Morgan fingerprint density at radius 2 is 2.00 bits per heavy atom. The molecule has 0 bridgehead atoms. The Hall–Kier alpha value is -1.94. The molecule has 2 heterocycles. The number of nitrogens with zero attached hydrogens (tertiary/aromatic N) is 2. The van der Waals surface area contributed by atoms with Crippen molar-refractivity contribution in [3.8, 4) is 11.6 Å². The largest absolute Gasteiger partial charge is 0.437 e. The lowest BCUT2D eigenvalue weighted by Gasteiger charge is -2.05. The van der Waals surface area contributed by atoms with Gasteiger partial charge in [-0.25, -0.2) is 4.98 Å². The molecule has 0 aromatic carbocycles. The first-order valence-electron chi connectivity index (χ1n) is 5.53. The van der Waals surface area contributed by atoms with E-state index in [9.17, 15) is 0 Å². The van der Waals surface area contributed by atoms with Crippen LogP contribution in [0.15, 0.2) is 36.7 Å². The molecule has 2 N–H and O–H groups in total. The maximum atomic E-state index is 5.56. The molecule has 0 atom stereocenters. The SMILES string of the molecule is Cc1ccc(Oc2ccc(CCN)cn2)cn1. The Labute approximate surface area is 100 Å². The normalized spacial score (nSPS) is 10.2. The summed E-state index contributed by atoms with van der Waals surface area (Å²) in [5, 5.41) is 0. The van der Waals surface area contributed by atoms with Gasteiger partial charge in [-0.05, 0) is 37.6 Å². The van der Waals surface area contributed by atoms with Crippen LogP contribution in [-0.4, -0.2) is 16.5 Å². The van der Waals surface area contributed by atoms with E-state index < -0.39 is 0 Å². The van der Waals surface area contributed by atoms with Gasteiger partial charge in [0.2, 0.25) is 5.88 Å². The van der Waals surface area contributed by atoms with Gasteiger partial charge in [0.1, 0.15) is 5.75 Å². The van der Waals surface area contributed by atoms with E-state index in [2.05, 4.69) is 9.97 Å². The number of ether oxygens (including phenoxy) is 1. The Morgan fingerprint density at radius 1 is 1.12 bits per heavy atom. The van der Waals surface area contributed by atoms with E-state index in [0.29, 0.717) is 18.2 Å². The second kappa shape index (κ2) is 5.41. The van der Waals surface area contributed by atoms with Gasteiger partial charge in [0.15, 0.2) is 0 Å². The summed E-state index contributed by atoms with van der Waals surface area (Å²) >= 11 is 0. The molecule has 0 aliphatic rings. The lowest BCUT2D eigenvalue weighted by Crippen LogP contribution is -2.02. The predicted molar refractivity (Wildman–Crippen MR) is 66.0 cm³/mol. The van der Waals surface area contributed by atoms with Crippen LogP contribution in [0.2, 0.25) is 0 Å². The van der Waals surface area contributed by atoms with Crippen molar-refractivity contribution < 1.29 is 4.74 Å². The van der Waals surface area contributed by atoms with Gasteiger partial charge < -0.3 is 10.5 Å². The second-order valence-electron chi connectivity index (χ2n) is 3.78. The van der Waals surface area contributed by atoms with Crippen molar-refractivity contribution >= 4 is 0 Å². The van der Waals surface area contributed by atoms with Crippen molar-refractivity contribution in [3.63, 3.8) is 0 Å². The minimum Gasteiger partial charge on any atom is -0.437 e. The van der Waals surface area contributed by atoms with Crippen molar-refractivity contribution in [2.75, 3.05) is 6.54 Å². The fourth-order valence-corrected chi connectivity index (χ4v) is 1.42. The van der Waals surface area contributed by atoms with Crippen molar-refractivity contribution in [1.29, 1.82) is 0 Å². The predicted octanol–water partition coefficient (Wildman–Crippen LogP) is 2.08. The van der Waals surface area contributed by atoms with E-state index in [1.807, 2.05) is 31.2 Å². The van der Waals surface area contributed by atoms with Crippen LogP contribution in [0.1, 0.15) is 11.3 Å². The number of nitrogens with two attached hydrogens (primary N) is 1. The molecule has 0 aliphatic heterocycles. The molecule has 0 unspecified atom stereocenters. The maximum Gasteiger partial charge on any atom is 0.219 e.